The lowest BCUT2D eigenvalue weighted by atomic mass is 10.1. The van der Waals surface area contributed by atoms with Crippen molar-refractivity contribution in [3.05, 3.63) is 22.2 Å². The van der Waals surface area contributed by atoms with Crippen LogP contribution < -0.4 is 11.0 Å². The molecule has 1 aromatic heterocycles. The Bertz CT molecular complexity index is 865. The van der Waals surface area contributed by atoms with E-state index in [-0.39, 0.29) is 18.0 Å². The predicted molar refractivity (Wildman–Crippen MR) is 129 cm³/mol. The molecule has 1 amide bonds. The molecule has 1 aliphatic rings. The van der Waals surface area contributed by atoms with Gasteiger partial charge in [0.15, 0.2) is 12.0 Å². The largest absolute Gasteiger partial charge is 0.449 e. The molecule has 0 aliphatic carbocycles. The number of nitrogens with zero attached hydrogens (tertiary/aromatic N) is 2. The van der Waals surface area contributed by atoms with E-state index in [0.29, 0.717) is 0 Å². The van der Waals surface area contributed by atoms with Gasteiger partial charge < -0.3 is 19.7 Å². The number of rotatable bonds is 14. The third-order valence-corrected chi connectivity index (χ3v) is 6.06. The van der Waals surface area contributed by atoms with Gasteiger partial charge in [0.2, 0.25) is 0 Å². The summed E-state index contributed by atoms with van der Waals surface area (Å²) in [6, 6.07) is 0. The van der Waals surface area contributed by atoms with Crippen LogP contribution in [0.15, 0.2) is 11.0 Å². The molecule has 34 heavy (non-hydrogen) atoms. The molecule has 4 atom stereocenters. The molecule has 9 nitrogen and oxygen atoms in total. The van der Waals surface area contributed by atoms with Crippen LogP contribution >= 0.6 is 0 Å². The van der Waals surface area contributed by atoms with E-state index in [4.69, 9.17) is 15.9 Å². The summed E-state index contributed by atoms with van der Waals surface area (Å²) >= 11 is 0. The van der Waals surface area contributed by atoms with E-state index < -0.39 is 36.3 Å². The van der Waals surface area contributed by atoms with Crippen molar-refractivity contribution in [1.29, 1.82) is 0 Å². The van der Waals surface area contributed by atoms with Crippen molar-refractivity contribution in [2.24, 2.45) is 0 Å². The summed E-state index contributed by atoms with van der Waals surface area (Å²) in [4.78, 5) is 28.3. The molecule has 190 valence electrons. The van der Waals surface area contributed by atoms with E-state index in [0.717, 1.165) is 23.8 Å². The Morgan fingerprint density at radius 2 is 1.71 bits per heavy atom. The number of anilines is 1. The van der Waals surface area contributed by atoms with Gasteiger partial charge in [0.1, 0.15) is 12.2 Å². The number of ether oxygens (including phenoxy) is 2. The summed E-state index contributed by atoms with van der Waals surface area (Å²) in [6.45, 7) is 4.07. The standard InChI is InChI=1S/C25H39N3O6/c1-4-6-7-8-9-10-11-12-13-14-15-16-33-25(32)27-22-19(5-2)17-28(24(31)26-22)23-21(30)20(29)18(3)34-23/h2,17-18,20-21,23,29-30H,4,6-16H2,1,3H3,(H,26,27,31,32)/t18-,20?,21?,23-/m1/s1. The van der Waals surface area contributed by atoms with Crippen LogP contribution in [0, 0.1) is 12.3 Å². The molecule has 2 rings (SSSR count). The molecular formula is C25H39N3O6. The Morgan fingerprint density at radius 3 is 2.24 bits per heavy atom. The molecule has 0 bridgehead atoms. The van der Waals surface area contributed by atoms with Crippen molar-refractivity contribution >= 4 is 11.9 Å². The number of aliphatic hydroxyl groups excluding tert-OH is 2. The fourth-order valence-electron chi connectivity index (χ4n) is 3.97. The molecule has 1 fully saturated rings. The first kappa shape index (κ1) is 27.8. The average Bonchev–Trinajstić information content (AvgIpc) is 3.07. The minimum absolute atomic E-state index is 0.103. The van der Waals surface area contributed by atoms with Crippen LogP contribution in [0.25, 0.3) is 0 Å². The summed E-state index contributed by atoms with van der Waals surface area (Å²) in [5.74, 6) is 2.25. The highest BCUT2D eigenvalue weighted by atomic mass is 16.6. The SMILES string of the molecule is C#Cc1cn([C@@H]2O[C@H](C)C(O)C2O)c(=O)nc1NC(=O)OCCCCCCCCCCCCC. The molecule has 3 N–H and O–H groups in total. The highest BCUT2D eigenvalue weighted by Gasteiger charge is 2.42. The fourth-order valence-corrected chi connectivity index (χ4v) is 3.97. The molecule has 0 saturated carbocycles. The lowest BCUT2D eigenvalue weighted by Gasteiger charge is -2.18. The number of amides is 1. The predicted octanol–water partition coefficient (Wildman–Crippen LogP) is 3.72. The van der Waals surface area contributed by atoms with Crippen LogP contribution in [0.4, 0.5) is 10.6 Å². The minimum Gasteiger partial charge on any atom is -0.449 e. The lowest BCUT2D eigenvalue weighted by Crippen LogP contribution is -2.36. The molecule has 1 aromatic rings. The van der Waals surface area contributed by atoms with Gasteiger partial charge in [-0.05, 0) is 13.3 Å². The van der Waals surface area contributed by atoms with Crippen LogP contribution in [-0.2, 0) is 9.47 Å². The van der Waals surface area contributed by atoms with Gasteiger partial charge in [-0.3, -0.25) is 9.88 Å². The summed E-state index contributed by atoms with van der Waals surface area (Å²) in [5, 5.41) is 22.4. The zero-order valence-corrected chi connectivity index (χ0v) is 20.4. The number of hydrogen-bond acceptors (Lipinski definition) is 7. The van der Waals surface area contributed by atoms with Gasteiger partial charge in [0.05, 0.1) is 18.3 Å². The number of carbonyl (C=O) groups excluding carboxylic acids is 1. The van der Waals surface area contributed by atoms with Crippen molar-refractivity contribution < 1.29 is 24.5 Å². The lowest BCUT2D eigenvalue weighted by molar-refractivity contribution is -0.0350. The van der Waals surface area contributed by atoms with Crippen LogP contribution in [0.2, 0.25) is 0 Å². The summed E-state index contributed by atoms with van der Waals surface area (Å²) < 4.78 is 11.6. The molecule has 1 saturated heterocycles. The van der Waals surface area contributed by atoms with Gasteiger partial charge in [-0.15, -0.1) is 6.42 Å². The van der Waals surface area contributed by atoms with Gasteiger partial charge >= 0.3 is 11.8 Å². The highest BCUT2D eigenvalue weighted by molar-refractivity contribution is 5.84. The number of hydrogen-bond donors (Lipinski definition) is 3. The summed E-state index contributed by atoms with van der Waals surface area (Å²) in [6.07, 6.45) is 15.0. The van der Waals surface area contributed by atoms with Gasteiger partial charge in [-0.2, -0.15) is 4.98 Å². The third-order valence-electron chi connectivity index (χ3n) is 6.06. The van der Waals surface area contributed by atoms with E-state index >= 15 is 0 Å². The Morgan fingerprint density at radius 1 is 1.12 bits per heavy atom. The fraction of sp³-hybridized carbons (Fsp3) is 0.720. The molecule has 9 heteroatoms. The normalized spacial score (nSPS) is 21.9. The number of nitrogens with one attached hydrogen (secondary N) is 1. The van der Waals surface area contributed by atoms with Crippen LogP contribution in [-0.4, -0.2) is 50.8 Å². The summed E-state index contributed by atoms with van der Waals surface area (Å²) in [5.41, 5.74) is -0.666. The first-order chi connectivity index (χ1) is 16.4. The number of carbonyl (C=O) groups is 1. The highest BCUT2D eigenvalue weighted by Crippen LogP contribution is 2.28. The maximum absolute atomic E-state index is 12.4. The Labute approximate surface area is 201 Å². The second-order valence-electron chi connectivity index (χ2n) is 8.85. The Hall–Kier alpha value is -2.41. The smallest absolute Gasteiger partial charge is 0.412 e. The molecule has 0 aromatic carbocycles. The molecule has 1 aliphatic heterocycles. The topological polar surface area (TPSA) is 123 Å². The van der Waals surface area contributed by atoms with E-state index in [2.05, 4.69) is 23.1 Å². The second kappa shape index (κ2) is 14.8. The molecule has 2 unspecified atom stereocenters. The van der Waals surface area contributed by atoms with E-state index in [1.807, 2.05) is 0 Å². The molecule has 0 radical (unpaired) electrons. The second-order valence-corrected chi connectivity index (χ2v) is 8.85. The van der Waals surface area contributed by atoms with Crippen LogP contribution in [0.5, 0.6) is 0 Å². The van der Waals surface area contributed by atoms with Crippen molar-refractivity contribution in [2.75, 3.05) is 11.9 Å². The van der Waals surface area contributed by atoms with Crippen molar-refractivity contribution in [2.45, 2.75) is 109 Å². The van der Waals surface area contributed by atoms with Crippen LogP contribution in [0.3, 0.4) is 0 Å². The molecule has 2 heterocycles. The van der Waals surface area contributed by atoms with Crippen LogP contribution in [0.1, 0.15) is 96.3 Å². The number of unbranched alkanes of at least 4 members (excludes halogenated alkanes) is 10. The van der Waals surface area contributed by atoms with Crippen molar-refractivity contribution in [1.82, 2.24) is 9.55 Å². The molecule has 0 spiro atoms. The zero-order chi connectivity index (χ0) is 24.9. The number of terminal acetylenes is 1. The van der Waals surface area contributed by atoms with Gasteiger partial charge in [0, 0.05) is 6.20 Å². The summed E-state index contributed by atoms with van der Waals surface area (Å²) in [7, 11) is 0. The van der Waals surface area contributed by atoms with Gasteiger partial charge in [-0.1, -0.05) is 77.1 Å². The average molecular weight is 478 g/mol. The van der Waals surface area contributed by atoms with Crippen molar-refractivity contribution in [3.63, 3.8) is 0 Å². The monoisotopic (exact) mass is 477 g/mol. The van der Waals surface area contributed by atoms with E-state index in [1.165, 1.54) is 57.6 Å². The number of aromatic nitrogens is 2. The van der Waals surface area contributed by atoms with E-state index in [9.17, 15) is 19.8 Å². The first-order valence-corrected chi connectivity index (χ1v) is 12.4. The molecular weight excluding hydrogens is 438 g/mol. The third kappa shape index (κ3) is 8.42. The number of aliphatic hydroxyl groups is 2. The van der Waals surface area contributed by atoms with Gasteiger partial charge in [-0.25, -0.2) is 9.59 Å². The quantitative estimate of drug-likeness (QED) is 0.276. The van der Waals surface area contributed by atoms with E-state index in [1.54, 1.807) is 6.92 Å². The minimum atomic E-state index is -1.31. The maximum Gasteiger partial charge on any atom is 0.412 e. The Balaban J connectivity index is 1.71. The first-order valence-electron chi connectivity index (χ1n) is 12.4. The van der Waals surface area contributed by atoms with Crippen molar-refractivity contribution in [3.8, 4) is 12.3 Å². The Kier molecular flexibility index (Phi) is 12.1. The van der Waals surface area contributed by atoms with Gasteiger partial charge in [0.25, 0.3) is 0 Å². The maximum atomic E-state index is 12.4. The zero-order valence-electron chi connectivity index (χ0n) is 20.4.